The highest BCUT2D eigenvalue weighted by molar-refractivity contribution is 5.82. The Bertz CT molecular complexity index is 230. The van der Waals surface area contributed by atoms with Crippen LogP contribution in [0.4, 0.5) is 0 Å². The molecule has 1 saturated heterocycles. The van der Waals surface area contributed by atoms with E-state index < -0.39 is 0 Å². The number of ether oxygens (including phenoxy) is 1. The number of rotatable bonds is 4. The molecule has 2 rings (SSSR count). The van der Waals surface area contributed by atoms with Crippen LogP contribution in [0.25, 0.3) is 0 Å². The molecule has 2 fully saturated rings. The van der Waals surface area contributed by atoms with Crippen molar-refractivity contribution in [2.24, 2.45) is 5.92 Å². The van der Waals surface area contributed by atoms with Gasteiger partial charge in [-0.1, -0.05) is 0 Å². The maximum absolute atomic E-state index is 11.5. The van der Waals surface area contributed by atoms with Crippen molar-refractivity contribution < 1.29 is 9.53 Å². The lowest BCUT2D eigenvalue weighted by Gasteiger charge is -2.17. The van der Waals surface area contributed by atoms with E-state index in [2.05, 4.69) is 4.90 Å². The van der Waals surface area contributed by atoms with E-state index in [4.69, 9.17) is 4.74 Å². The summed E-state index contributed by atoms with van der Waals surface area (Å²) in [5.41, 5.74) is 0. The zero-order valence-corrected chi connectivity index (χ0v) is 9.58. The first kappa shape index (κ1) is 11.1. The van der Waals surface area contributed by atoms with Crippen molar-refractivity contribution in [3.8, 4) is 0 Å². The van der Waals surface area contributed by atoms with Crippen molar-refractivity contribution in [1.29, 1.82) is 0 Å². The van der Waals surface area contributed by atoms with Gasteiger partial charge in [-0.2, -0.15) is 0 Å². The van der Waals surface area contributed by atoms with Gasteiger partial charge in [-0.15, -0.1) is 0 Å². The summed E-state index contributed by atoms with van der Waals surface area (Å²) in [6.45, 7) is 3.27. The number of ketones is 1. The van der Waals surface area contributed by atoms with Gasteiger partial charge in [-0.3, -0.25) is 4.79 Å². The molecule has 1 aliphatic heterocycles. The van der Waals surface area contributed by atoms with Crippen molar-refractivity contribution in [1.82, 2.24) is 4.90 Å². The first-order chi connectivity index (χ1) is 7.29. The number of hydrogen-bond acceptors (Lipinski definition) is 3. The third kappa shape index (κ3) is 2.79. The largest absolute Gasteiger partial charge is 0.380 e. The summed E-state index contributed by atoms with van der Waals surface area (Å²) in [6.07, 6.45) is 5.70. The molecule has 3 nitrogen and oxygen atoms in total. The summed E-state index contributed by atoms with van der Waals surface area (Å²) in [4.78, 5) is 13.9. The fraction of sp³-hybridized carbons (Fsp3) is 0.917. The van der Waals surface area contributed by atoms with Crippen LogP contribution in [0.15, 0.2) is 0 Å². The van der Waals surface area contributed by atoms with Crippen LogP contribution in [0.2, 0.25) is 0 Å². The van der Waals surface area contributed by atoms with Crippen LogP contribution in [0, 0.1) is 5.92 Å². The molecule has 2 atom stereocenters. The van der Waals surface area contributed by atoms with Gasteiger partial charge in [-0.05, 0) is 32.2 Å². The van der Waals surface area contributed by atoms with Crippen molar-refractivity contribution in [3.05, 3.63) is 0 Å². The van der Waals surface area contributed by atoms with Crippen molar-refractivity contribution in [2.45, 2.75) is 38.2 Å². The van der Waals surface area contributed by atoms with Crippen LogP contribution < -0.4 is 0 Å². The Labute approximate surface area is 91.8 Å². The van der Waals surface area contributed by atoms with Gasteiger partial charge in [-0.25, -0.2) is 0 Å². The average molecular weight is 211 g/mol. The Hall–Kier alpha value is -0.410. The predicted molar refractivity (Wildman–Crippen MR) is 58.8 cm³/mol. The molecule has 3 heteroatoms. The molecule has 0 radical (unpaired) electrons. The molecule has 0 N–H and O–H groups in total. The zero-order chi connectivity index (χ0) is 10.7. The van der Waals surface area contributed by atoms with Crippen LogP contribution in [0.5, 0.6) is 0 Å². The molecule has 0 aromatic heterocycles. The lowest BCUT2D eigenvalue weighted by Crippen LogP contribution is -2.26. The Morgan fingerprint density at radius 1 is 1.47 bits per heavy atom. The van der Waals surface area contributed by atoms with Gasteiger partial charge in [0.2, 0.25) is 0 Å². The monoisotopic (exact) mass is 211 g/mol. The Kier molecular flexibility index (Phi) is 3.76. The lowest BCUT2D eigenvalue weighted by molar-refractivity contribution is -0.120. The van der Waals surface area contributed by atoms with E-state index in [1.54, 1.807) is 7.11 Å². The molecule has 0 amide bonds. The second-order valence-electron chi connectivity index (χ2n) is 4.79. The van der Waals surface area contributed by atoms with E-state index in [0.29, 0.717) is 17.8 Å². The van der Waals surface area contributed by atoms with E-state index in [9.17, 15) is 4.79 Å². The van der Waals surface area contributed by atoms with Gasteiger partial charge in [0, 0.05) is 32.5 Å². The number of carbonyl (C=O) groups excluding carboxylic acids is 1. The number of nitrogens with zero attached hydrogens (tertiary/aromatic N) is 1. The second kappa shape index (κ2) is 5.08. The molecule has 0 aromatic carbocycles. The number of hydrogen-bond donors (Lipinski definition) is 0. The molecule has 2 aliphatic rings. The van der Waals surface area contributed by atoms with Crippen LogP contribution in [-0.2, 0) is 9.53 Å². The number of methoxy groups -OCH3 is 1. The molecule has 2 unspecified atom stereocenters. The van der Waals surface area contributed by atoms with E-state index in [1.807, 2.05) is 0 Å². The average Bonchev–Trinajstić information content (AvgIpc) is 2.84. The van der Waals surface area contributed by atoms with Gasteiger partial charge in [0.05, 0.1) is 6.10 Å². The van der Waals surface area contributed by atoms with Crippen molar-refractivity contribution >= 4 is 5.78 Å². The standard InChI is InChI=1S/C12H21NO2/c1-15-11-6-8-13(9-11)7-5-10-3-2-4-12(10)14/h10-11H,2-9H2,1H3. The topological polar surface area (TPSA) is 29.5 Å². The van der Waals surface area contributed by atoms with E-state index in [1.165, 1.54) is 0 Å². The minimum atomic E-state index is 0.367. The Balaban J connectivity index is 1.68. The highest BCUT2D eigenvalue weighted by atomic mass is 16.5. The molecule has 86 valence electrons. The maximum atomic E-state index is 11.5. The van der Waals surface area contributed by atoms with Gasteiger partial charge in [0.1, 0.15) is 5.78 Å². The van der Waals surface area contributed by atoms with Gasteiger partial charge in [0.25, 0.3) is 0 Å². The molecular formula is C12H21NO2. The third-order valence-corrected chi connectivity index (χ3v) is 3.79. The molecule has 15 heavy (non-hydrogen) atoms. The summed E-state index contributed by atoms with van der Waals surface area (Å²) >= 11 is 0. The van der Waals surface area contributed by atoms with Crippen LogP contribution in [0.3, 0.4) is 0 Å². The summed E-state index contributed by atoms with van der Waals surface area (Å²) in [7, 11) is 1.79. The fourth-order valence-electron chi connectivity index (χ4n) is 2.72. The highest BCUT2D eigenvalue weighted by Gasteiger charge is 2.27. The predicted octanol–water partition coefficient (Wildman–Crippen LogP) is 1.47. The van der Waals surface area contributed by atoms with Gasteiger partial charge in [0.15, 0.2) is 0 Å². The number of Topliss-reactive ketones (excluding diaryl/α,β-unsaturated/α-hetero) is 1. The van der Waals surface area contributed by atoms with Gasteiger partial charge >= 0.3 is 0 Å². The lowest BCUT2D eigenvalue weighted by atomic mass is 10.0. The van der Waals surface area contributed by atoms with Crippen LogP contribution in [0.1, 0.15) is 32.1 Å². The second-order valence-corrected chi connectivity index (χ2v) is 4.79. The summed E-state index contributed by atoms with van der Waals surface area (Å²) in [5.74, 6) is 0.865. The Morgan fingerprint density at radius 3 is 2.93 bits per heavy atom. The molecule has 0 aromatic rings. The first-order valence-electron chi connectivity index (χ1n) is 6.07. The van der Waals surface area contributed by atoms with Crippen LogP contribution >= 0.6 is 0 Å². The number of carbonyl (C=O) groups is 1. The smallest absolute Gasteiger partial charge is 0.136 e. The third-order valence-electron chi connectivity index (χ3n) is 3.79. The number of likely N-dealkylation sites (tertiary alicyclic amines) is 1. The molecular weight excluding hydrogens is 190 g/mol. The maximum Gasteiger partial charge on any atom is 0.136 e. The van der Waals surface area contributed by atoms with Crippen molar-refractivity contribution in [2.75, 3.05) is 26.7 Å². The summed E-state index contributed by atoms with van der Waals surface area (Å²) < 4.78 is 5.33. The highest BCUT2D eigenvalue weighted by Crippen LogP contribution is 2.25. The summed E-state index contributed by atoms with van der Waals surface area (Å²) in [6, 6.07) is 0. The molecule has 0 spiro atoms. The van der Waals surface area contributed by atoms with Crippen LogP contribution in [-0.4, -0.2) is 43.5 Å². The molecule has 0 bridgehead atoms. The quantitative estimate of drug-likeness (QED) is 0.705. The first-order valence-corrected chi connectivity index (χ1v) is 6.07. The SMILES string of the molecule is COC1CCN(CCC2CCCC2=O)C1. The zero-order valence-electron chi connectivity index (χ0n) is 9.58. The Morgan fingerprint density at radius 2 is 2.33 bits per heavy atom. The summed E-state index contributed by atoms with van der Waals surface area (Å²) in [5, 5.41) is 0. The van der Waals surface area contributed by atoms with E-state index >= 15 is 0 Å². The molecule has 1 saturated carbocycles. The van der Waals surface area contributed by atoms with Crippen molar-refractivity contribution in [3.63, 3.8) is 0 Å². The molecule has 1 aliphatic carbocycles. The minimum absolute atomic E-state index is 0.367. The van der Waals surface area contributed by atoms with E-state index in [-0.39, 0.29) is 0 Å². The van der Waals surface area contributed by atoms with E-state index in [0.717, 1.165) is 51.7 Å². The molecule has 1 heterocycles. The fourth-order valence-corrected chi connectivity index (χ4v) is 2.72. The minimum Gasteiger partial charge on any atom is -0.380 e. The normalized spacial score (nSPS) is 32.7. The van der Waals surface area contributed by atoms with Gasteiger partial charge < -0.3 is 9.64 Å².